The minimum absolute atomic E-state index is 0.0846. The lowest BCUT2D eigenvalue weighted by Crippen LogP contribution is -2.35. The number of hydrogen-bond donors (Lipinski definition) is 1. The molecule has 1 aromatic carbocycles. The standard InChI is InChI=1S/C16H24N2O2/c1-12-9-14(6-7-15(12)17-2)16(19)18(3)10-13-5-4-8-20-11-13/h6-7,9,13,17H,4-5,8,10-11H2,1-3H3. The maximum atomic E-state index is 12.4. The molecule has 2 rings (SSSR count). The topological polar surface area (TPSA) is 41.6 Å². The van der Waals surface area contributed by atoms with Gasteiger partial charge in [-0.15, -0.1) is 0 Å². The Morgan fingerprint density at radius 2 is 2.30 bits per heavy atom. The van der Waals surface area contributed by atoms with E-state index in [2.05, 4.69) is 5.32 Å². The van der Waals surface area contributed by atoms with Gasteiger partial charge in [0.2, 0.25) is 0 Å². The molecular formula is C16H24N2O2. The van der Waals surface area contributed by atoms with Crippen LogP contribution >= 0.6 is 0 Å². The van der Waals surface area contributed by atoms with Gasteiger partial charge in [0.15, 0.2) is 0 Å². The molecule has 0 bridgehead atoms. The molecule has 0 radical (unpaired) electrons. The van der Waals surface area contributed by atoms with Crippen LogP contribution in [-0.4, -0.2) is 44.7 Å². The fourth-order valence-electron chi connectivity index (χ4n) is 2.72. The van der Waals surface area contributed by atoms with Crippen LogP contribution in [0.4, 0.5) is 5.69 Å². The molecule has 110 valence electrons. The van der Waals surface area contributed by atoms with Crippen molar-refractivity contribution in [3.05, 3.63) is 29.3 Å². The molecule has 20 heavy (non-hydrogen) atoms. The van der Waals surface area contributed by atoms with E-state index in [-0.39, 0.29) is 5.91 Å². The number of benzene rings is 1. The van der Waals surface area contributed by atoms with Crippen LogP contribution in [-0.2, 0) is 4.74 Å². The van der Waals surface area contributed by atoms with Gasteiger partial charge in [0, 0.05) is 38.5 Å². The zero-order valence-corrected chi connectivity index (χ0v) is 12.6. The van der Waals surface area contributed by atoms with Gasteiger partial charge in [0.05, 0.1) is 6.61 Å². The lowest BCUT2D eigenvalue weighted by Gasteiger charge is -2.27. The number of nitrogens with zero attached hydrogens (tertiary/aromatic N) is 1. The number of carbonyl (C=O) groups is 1. The van der Waals surface area contributed by atoms with Crippen molar-refractivity contribution in [1.82, 2.24) is 4.90 Å². The van der Waals surface area contributed by atoms with Gasteiger partial charge >= 0.3 is 0 Å². The molecule has 1 aliphatic heterocycles. The molecule has 1 amide bonds. The second-order valence-corrected chi connectivity index (χ2v) is 5.55. The number of carbonyl (C=O) groups excluding carboxylic acids is 1. The van der Waals surface area contributed by atoms with Gasteiger partial charge in [-0.05, 0) is 49.4 Å². The van der Waals surface area contributed by atoms with Gasteiger partial charge < -0.3 is 15.0 Å². The number of ether oxygens (including phenoxy) is 1. The van der Waals surface area contributed by atoms with E-state index < -0.39 is 0 Å². The summed E-state index contributed by atoms with van der Waals surface area (Å²) in [5.74, 6) is 0.553. The average molecular weight is 276 g/mol. The number of aryl methyl sites for hydroxylation is 1. The summed E-state index contributed by atoms with van der Waals surface area (Å²) >= 11 is 0. The number of rotatable bonds is 4. The summed E-state index contributed by atoms with van der Waals surface area (Å²) in [5, 5.41) is 3.11. The Bertz CT molecular complexity index is 468. The Kier molecular flexibility index (Phi) is 5.01. The summed E-state index contributed by atoms with van der Waals surface area (Å²) in [6.07, 6.45) is 2.25. The van der Waals surface area contributed by atoms with Gasteiger partial charge in [-0.2, -0.15) is 0 Å². The highest BCUT2D eigenvalue weighted by Gasteiger charge is 2.19. The molecule has 1 aromatic rings. The van der Waals surface area contributed by atoms with Crippen molar-refractivity contribution in [3.63, 3.8) is 0 Å². The normalized spacial score (nSPS) is 18.6. The third-order valence-electron chi connectivity index (χ3n) is 3.88. The minimum Gasteiger partial charge on any atom is -0.388 e. The molecular weight excluding hydrogens is 252 g/mol. The van der Waals surface area contributed by atoms with Gasteiger partial charge in [-0.3, -0.25) is 4.79 Å². The Labute approximate surface area is 121 Å². The molecule has 0 aromatic heterocycles. The maximum Gasteiger partial charge on any atom is 0.253 e. The summed E-state index contributed by atoms with van der Waals surface area (Å²) in [6.45, 7) is 4.41. The molecule has 0 saturated carbocycles. The minimum atomic E-state index is 0.0846. The van der Waals surface area contributed by atoms with Crippen LogP contribution in [0, 0.1) is 12.8 Å². The first-order valence-electron chi connectivity index (χ1n) is 7.23. The van der Waals surface area contributed by atoms with Crippen molar-refractivity contribution < 1.29 is 9.53 Å². The zero-order valence-electron chi connectivity index (χ0n) is 12.6. The quantitative estimate of drug-likeness (QED) is 0.919. The van der Waals surface area contributed by atoms with Crippen LogP contribution < -0.4 is 5.32 Å². The first kappa shape index (κ1) is 14.9. The van der Waals surface area contributed by atoms with E-state index in [1.54, 1.807) is 0 Å². The van der Waals surface area contributed by atoms with Crippen LogP contribution in [0.25, 0.3) is 0 Å². The largest absolute Gasteiger partial charge is 0.388 e. The second-order valence-electron chi connectivity index (χ2n) is 5.55. The summed E-state index contributed by atoms with van der Waals surface area (Å²) in [6, 6.07) is 5.79. The van der Waals surface area contributed by atoms with Crippen molar-refractivity contribution in [2.24, 2.45) is 5.92 Å². The maximum absolute atomic E-state index is 12.4. The van der Waals surface area contributed by atoms with E-state index in [1.807, 2.05) is 44.1 Å². The van der Waals surface area contributed by atoms with Gasteiger partial charge in [-0.25, -0.2) is 0 Å². The molecule has 1 atom stereocenters. The van der Waals surface area contributed by atoms with Crippen LogP contribution in [0.3, 0.4) is 0 Å². The predicted octanol–water partition coefficient (Wildman–Crippen LogP) is 2.54. The van der Waals surface area contributed by atoms with Crippen molar-refractivity contribution in [1.29, 1.82) is 0 Å². The number of nitrogens with one attached hydrogen (secondary N) is 1. The van der Waals surface area contributed by atoms with Gasteiger partial charge in [0.25, 0.3) is 5.91 Å². The Balaban J connectivity index is 2.00. The predicted molar refractivity (Wildman–Crippen MR) is 81.2 cm³/mol. The number of amides is 1. The highest BCUT2D eigenvalue weighted by atomic mass is 16.5. The van der Waals surface area contributed by atoms with Crippen LogP contribution in [0.5, 0.6) is 0 Å². The second kappa shape index (κ2) is 6.75. The molecule has 1 N–H and O–H groups in total. The van der Waals surface area contributed by atoms with Crippen molar-refractivity contribution >= 4 is 11.6 Å². The highest BCUT2D eigenvalue weighted by Crippen LogP contribution is 2.19. The number of hydrogen-bond acceptors (Lipinski definition) is 3. The third kappa shape index (κ3) is 3.51. The number of anilines is 1. The van der Waals surface area contributed by atoms with Crippen LogP contribution in [0.1, 0.15) is 28.8 Å². The fourth-order valence-corrected chi connectivity index (χ4v) is 2.72. The van der Waals surface area contributed by atoms with Crippen LogP contribution in [0.2, 0.25) is 0 Å². The zero-order chi connectivity index (χ0) is 14.5. The first-order valence-corrected chi connectivity index (χ1v) is 7.23. The SMILES string of the molecule is CNc1ccc(C(=O)N(C)CC2CCCOC2)cc1C. The van der Waals surface area contributed by atoms with E-state index >= 15 is 0 Å². The highest BCUT2D eigenvalue weighted by molar-refractivity contribution is 5.94. The average Bonchev–Trinajstić information content (AvgIpc) is 2.47. The Morgan fingerprint density at radius 3 is 2.90 bits per heavy atom. The molecule has 1 heterocycles. The first-order chi connectivity index (χ1) is 9.61. The molecule has 1 fully saturated rings. The summed E-state index contributed by atoms with van der Waals surface area (Å²) in [4.78, 5) is 14.2. The molecule has 1 saturated heterocycles. The van der Waals surface area contributed by atoms with Crippen molar-refractivity contribution in [3.8, 4) is 0 Å². The fraction of sp³-hybridized carbons (Fsp3) is 0.562. The van der Waals surface area contributed by atoms with E-state index in [9.17, 15) is 4.79 Å². The molecule has 1 unspecified atom stereocenters. The molecule has 4 heteroatoms. The van der Waals surface area contributed by atoms with Crippen molar-refractivity contribution in [2.75, 3.05) is 39.2 Å². The summed E-state index contributed by atoms with van der Waals surface area (Å²) in [7, 11) is 3.76. The molecule has 4 nitrogen and oxygen atoms in total. The summed E-state index contributed by atoms with van der Waals surface area (Å²) < 4.78 is 5.47. The van der Waals surface area contributed by atoms with E-state index in [4.69, 9.17) is 4.74 Å². The third-order valence-corrected chi connectivity index (χ3v) is 3.88. The van der Waals surface area contributed by atoms with E-state index in [0.717, 1.165) is 49.4 Å². The molecule has 0 aliphatic carbocycles. The lowest BCUT2D eigenvalue weighted by molar-refractivity contribution is 0.0388. The summed E-state index contributed by atoms with van der Waals surface area (Å²) in [5.41, 5.74) is 2.90. The van der Waals surface area contributed by atoms with E-state index in [1.165, 1.54) is 0 Å². The molecule has 0 spiro atoms. The van der Waals surface area contributed by atoms with Crippen LogP contribution in [0.15, 0.2) is 18.2 Å². The Hall–Kier alpha value is -1.55. The smallest absolute Gasteiger partial charge is 0.253 e. The van der Waals surface area contributed by atoms with Crippen molar-refractivity contribution in [2.45, 2.75) is 19.8 Å². The van der Waals surface area contributed by atoms with Gasteiger partial charge in [0.1, 0.15) is 0 Å². The van der Waals surface area contributed by atoms with Gasteiger partial charge in [-0.1, -0.05) is 0 Å². The lowest BCUT2D eigenvalue weighted by atomic mass is 10.0. The Morgan fingerprint density at radius 1 is 1.50 bits per heavy atom. The monoisotopic (exact) mass is 276 g/mol. The van der Waals surface area contributed by atoms with E-state index in [0.29, 0.717) is 5.92 Å². The molecule has 1 aliphatic rings.